The molecule has 0 aliphatic carbocycles. The van der Waals surface area contributed by atoms with Gasteiger partial charge in [0.05, 0.1) is 0 Å². The van der Waals surface area contributed by atoms with Crippen molar-refractivity contribution >= 4 is 0 Å². The van der Waals surface area contributed by atoms with Gasteiger partial charge in [0.15, 0.2) is 11.5 Å². The van der Waals surface area contributed by atoms with E-state index in [9.17, 15) is 0 Å². The van der Waals surface area contributed by atoms with Gasteiger partial charge in [-0.2, -0.15) is 0 Å². The summed E-state index contributed by atoms with van der Waals surface area (Å²) in [6.45, 7) is 2.87. The molecule has 25 heavy (non-hydrogen) atoms. The van der Waals surface area contributed by atoms with Crippen LogP contribution >= 0.6 is 0 Å². The summed E-state index contributed by atoms with van der Waals surface area (Å²) in [5, 5.41) is 3.51. The molecular weight excluding hydrogens is 310 g/mol. The first-order valence-corrected chi connectivity index (χ1v) is 8.62. The molecule has 1 aliphatic rings. The monoisotopic (exact) mass is 331 g/mol. The molecule has 0 unspecified atom stereocenters. The molecule has 3 aromatic carbocycles. The van der Waals surface area contributed by atoms with Gasteiger partial charge < -0.3 is 14.8 Å². The molecular formula is C22H21NO2. The third-order valence-corrected chi connectivity index (χ3v) is 4.30. The number of nitrogens with one attached hydrogen (secondary N) is 1. The highest BCUT2D eigenvalue weighted by molar-refractivity contribution is 5.63. The highest BCUT2D eigenvalue weighted by atomic mass is 16.6. The van der Waals surface area contributed by atoms with Crippen LogP contribution in [0.25, 0.3) is 11.1 Å². The third-order valence-electron chi connectivity index (χ3n) is 4.30. The molecule has 0 saturated carbocycles. The molecule has 0 fully saturated rings. The molecule has 0 radical (unpaired) electrons. The van der Waals surface area contributed by atoms with Gasteiger partial charge in [-0.15, -0.1) is 0 Å². The maximum atomic E-state index is 5.64. The molecule has 1 aliphatic heterocycles. The Bertz CT molecular complexity index is 846. The topological polar surface area (TPSA) is 30.5 Å². The Hall–Kier alpha value is -2.78. The number of rotatable bonds is 5. The van der Waals surface area contributed by atoms with E-state index in [1.54, 1.807) is 0 Å². The molecule has 1 N–H and O–H groups in total. The minimum atomic E-state index is 0.621. The summed E-state index contributed by atoms with van der Waals surface area (Å²) in [5.74, 6) is 1.68. The lowest BCUT2D eigenvalue weighted by atomic mass is 10.0. The van der Waals surface area contributed by atoms with E-state index < -0.39 is 0 Å². The largest absolute Gasteiger partial charge is 0.486 e. The molecule has 0 spiro atoms. The Morgan fingerprint density at radius 1 is 0.640 bits per heavy atom. The lowest BCUT2D eigenvalue weighted by molar-refractivity contribution is 0.171. The highest BCUT2D eigenvalue weighted by Crippen LogP contribution is 2.30. The summed E-state index contributed by atoms with van der Waals surface area (Å²) in [4.78, 5) is 0. The van der Waals surface area contributed by atoms with Gasteiger partial charge in [-0.25, -0.2) is 0 Å². The number of hydrogen-bond donors (Lipinski definition) is 1. The Labute approximate surface area is 148 Å². The average Bonchev–Trinajstić information content (AvgIpc) is 2.69. The summed E-state index contributed by atoms with van der Waals surface area (Å²) in [6, 6.07) is 25.3. The third kappa shape index (κ3) is 3.83. The van der Waals surface area contributed by atoms with Crippen molar-refractivity contribution < 1.29 is 9.47 Å². The SMILES string of the molecule is c1ccc(-c2cccc(CNCc3ccc4c(c3)OCCO4)c2)cc1. The minimum absolute atomic E-state index is 0.621. The van der Waals surface area contributed by atoms with Crippen LogP contribution < -0.4 is 14.8 Å². The summed E-state index contributed by atoms with van der Waals surface area (Å²) < 4.78 is 11.2. The fourth-order valence-electron chi connectivity index (χ4n) is 3.04. The Kier molecular flexibility index (Phi) is 4.66. The highest BCUT2D eigenvalue weighted by Gasteiger charge is 2.11. The van der Waals surface area contributed by atoms with E-state index in [4.69, 9.17) is 9.47 Å². The van der Waals surface area contributed by atoms with Crippen molar-refractivity contribution in [1.29, 1.82) is 0 Å². The van der Waals surface area contributed by atoms with E-state index in [1.807, 2.05) is 12.1 Å². The maximum Gasteiger partial charge on any atom is 0.161 e. The van der Waals surface area contributed by atoms with Crippen molar-refractivity contribution in [2.75, 3.05) is 13.2 Å². The standard InChI is InChI=1S/C22H21NO2/c1-2-6-19(7-3-1)20-8-4-5-17(13-20)15-23-16-18-9-10-21-22(14-18)25-12-11-24-21/h1-10,13-14,23H,11-12,15-16H2. The second-order valence-electron chi connectivity index (χ2n) is 6.15. The van der Waals surface area contributed by atoms with Crippen molar-refractivity contribution in [3.63, 3.8) is 0 Å². The Morgan fingerprint density at radius 2 is 1.36 bits per heavy atom. The fraction of sp³-hybridized carbons (Fsp3) is 0.182. The number of fused-ring (bicyclic) bond motifs is 1. The summed E-state index contributed by atoms with van der Waals surface area (Å²) in [6.07, 6.45) is 0. The number of ether oxygens (including phenoxy) is 2. The van der Waals surface area contributed by atoms with E-state index in [-0.39, 0.29) is 0 Å². The summed E-state index contributed by atoms with van der Waals surface area (Å²) in [7, 11) is 0. The zero-order valence-electron chi connectivity index (χ0n) is 14.1. The van der Waals surface area contributed by atoms with E-state index in [0.29, 0.717) is 13.2 Å². The van der Waals surface area contributed by atoms with Crippen molar-refractivity contribution in [2.24, 2.45) is 0 Å². The maximum absolute atomic E-state index is 5.64. The molecule has 3 aromatic rings. The lowest BCUT2D eigenvalue weighted by Crippen LogP contribution is -2.16. The quantitative estimate of drug-likeness (QED) is 0.751. The van der Waals surface area contributed by atoms with Crippen molar-refractivity contribution in [1.82, 2.24) is 5.32 Å². The predicted octanol–water partition coefficient (Wildman–Crippen LogP) is 4.41. The van der Waals surface area contributed by atoms with Crippen LogP contribution in [0.5, 0.6) is 11.5 Å². The fourth-order valence-corrected chi connectivity index (χ4v) is 3.04. The van der Waals surface area contributed by atoms with Crippen molar-refractivity contribution in [3.05, 3.63) is 83.9 Å². The van der Waals surface area contributed by atoms with Gasteiger partial charge in [0.2, 0.25) is 0 Å². The summed E-state index contributed by atoms with van der Waals surface area (Å²) in [5.41, 5.74) is 4.97. The molecule has 1 heterocycles. The number of benzene rings is 3. The van der Waals surface area contributed by atoms with Crippen LogP contribution in [0, 0.1) is 0 Å². The van der Waals surface area contributed by atoms with Crippen LogP contribution in [0.15, 0.2) is 72.8 Å². The first-order chi connectivity index (χ1) is 12.4. The van der Waals surface area contributed by atoms with Crippen LogP contribution in [-0.4, -0.2) is 13.2 Å². The lowest BCUT2D eigenvalue weighted by Gasteiger charge is -2.19. The molecule has 0 bridgehead atoms. The van der Waals surface area contributed by atoms with Crippen LogP contribution in [0.1, 0.15) is 11.1 Å². The Morgan fingerprint density at radius 3 is 2.20 bits per heavy atom. The van der Waals surface area contributed by atoms with E-state index in [0.717, 1.165) is 24.6 Å². The van der Waals surface area contributed by atoms with Crippen LogP contribution in [0.4, 0.5) is 0 Å². The average molecular weight is 331 g/mol. The van der Waals surface area contributed by atoms with Crippen LogP contribution in [-0.2, 0) is 13.1 Å². The van der Waals surface area contributed by atoms with Gasteiger partial charge in [0, 0.05) is 13.1 Å². The molecule has 3 nitrogen and oxygen atoms in total. The molecule has 0 atom stereocenters. The normalized spacial score (nSPS) is 12.8. The van der Waals surface area contributed by atoms with Gasteiger partial charge in [0.25, 0.3) is 0 Å². The van der Waals surface area contributed by atoms with Gasteiger partial charge in [-0.3, -0.25) is 0 Å². The molecule has 3 heteroatoms. The minimum Gasteiger partial charge on any atom is -0.486 e. The second-order valence-corrected chi connectivity index (χ2v) is 6.15. The number of hydrogen-bond acceptors (Lipinski definition) is 3. The molecule has 0 aromatic heterocycles. The first kappa shape index (κ1) is 15.7. The van der Waals surface area contributed by atoms with Gasteiger partial charge in [-0.1, -0.05) is 54.6 Å². The van der Waals surface area contributed by atoms with Gasteiger partial charge in [-0.05, 0) is 40.5 Å². The first-order valence-electron chi connectivity index (χ1n) is 8.62. The van der Waals surface area contributed by atoms with Gasteiger partial charge in [0.1, 0.15) is 13.2 Å². The summed E-state index contributed by atoms with van der Waals surface area (Å²) >= 11 is 0. The van der Waals surface area contributed by atoms with E-state index >= 15 is 0 Å². The predicted molar refractivity (Wildman–Crippen MR) is 99.9 cm³/mol. The van der Waals surface area contributed by atoms with Crippen molar-refractivity contribution in [3.8, 4) is 22.6 Å². The molecule has 4 rings (SSSR count). The zero-order chi connectivity index (χ0) is 16.9. The van der Waals surface area contributed by atoms with Crippen LogP contribution in [0.2, 0.25) is 0 Å². The van der Waals surface area contributed by atoms with Crippen molar-refractivity contribution in [2.45, 2.75) is 13.1 Å². The smallest absolute Gasteiger partial charge is 0.161 e. The van der Waals surface area contributed by atoms with Gasteiger partial charge >= 0.3 is 0 Å². The Balaban J connectivity index is 1.39. The molecule has 0 amide bonds. The van der Waals surface area contributed by atoms with Crippen LogP contribution in [0.3, 0.4) is 0 Å². The zero-order valence-corrected chi connectivity index (χ0v) is 14.1. The second kappa shape index (κ2) is 7.41. The van der Waals surface area contributed by atoms with E-state index in [1.165, 1.54) is 22.3 Å². The molecule has 0 saturated heterocycles. The van der Waals surface area contributed by atoms with E-state index in [2.05, 4.69) is 66.0 Å². The molecule has 126 valence electrons.